The average molecular weight is 694 g/mol. The summed E-state index contributed by atoms with van der Waals surface area (Å²) in [4.78, 5) is 86.9. The average Bonchev–Trinajstić information content (AvgIpc) is 2.92. The van der Waals surface area contributed by atoms with E-state index >= 15 is 0 Å². The van der Waals surface area contributed by atoms with Crippen molar-refractivity contribution in [3.8, 4) is 0 Å². The largest absolute Gasteiger partial charge is 0.463 e. The number of amides is 3. The molecule has 18 heteroatoms. The smallest absolute Gasteiger partial charge is 0.408 e. The van der Waals surface area contributed by atoms with Gasteiger partial charge in [-0.15, -0.1) is 23.5 Å². The van der Waals surface area contributed by atoms with Gasteiger partial charge in [-0.3, -0.25) is 24.0 Å². The van der Waals surface area contributed by atoms with Gasteiger partial charge in [0.2, 0.25) is 11.8 Å². The third kappa shape index (κ3) is 14.0. The maximum absolute atomic E-state index is 13.4. The van der Waals surface area contributed by atoms with E-state index < -0.39 is 97.0 Å². The minimum absolute atomic E-state index is 0.000265. The fourth-order valence-electron chi connectivity index (χ4n) is 4.38. The summed E-state index contributed by atoms with van der Waals surface area (Å²) in [7, 11) is 0. The van der Waals surface area contributed by atoms with Crippen LogP contribution in [0.25, 0.3) is 0 Å². The van der Waals surface area contributed by atoms with Gasteiger partial charge in [0.05, 0.1) is 11.0 Å². The first-order valence-electron chi connectivity index (χ1n) is 14.5. The Morgan fingerprint density at radius 3 is 1.98 bits per heavy atom. The molecule has 0 saturated carbocycles. The van der Waals surface area contributed by atoms with Crippen molar-refractivity contribution < 1.29 is 62.0 Å². The summed E-state index contributed by atoms with van der Waals surface area (Å²) in [5.74, 6) is -2.81. The summed E-state index contributed by atoms with van der Waals surface area (Å²) in [6.07, 6.45) is -6.06. The van der Waals surface area contributed by atoms with E-state index in [1.54, 1.807) is 44.3 Å². The highest BCUT2D eigenvalue weighted by Crippen LogP contribution is 2.31. The van der Waals surface area contributed by atoms with Gasteiger partial charge in [-0.1, -0.05) is 0 Å². The quantitative estimate of drug-likeness (QED) is 0.190. The second-order valence-corrected chi connectivity index (χ2v) is 14.3. The summed E-state index contributed by atoms with van der Waals surface area (Å²) in [6, 6.07) is -2.79. The van der Waals surface area contributed by atoms with Crippen molar-refractivity contribution >= 4 is 65.3 Å². The maximum Gasteiger partial charge on any atom is 0.408 e. The fraction of sp³-hybridized carbons (Fsp3) is 0.750. The molecule has 2 fully saturated rings. The summed E-state index contributed by atoms with van der Waals surface area (Å²) < 4.78 is 32.5. The van der Waals surface area contributed by atoms with Crippen LogP contribution in [-0.2, 0) is 57.2 Å². The lowest BCUT2D eigenvalue weighted by Crippen LogP contribution is -2.69. The second-order valence-electron chi connectivity index (χ2n) is 11.4. The monoisotopic (exact) mass is 693 g/mol. The van der Waals surface area contributed by atoms with Crippen molar-refractivity contribution in [3.63, 3.8) is 0 Å². The lowest BCUT2D eigenvalue weighted by Gasteiger charge is -2.45. The molecule has 260 valence electrons. The SMILES string of the molecule is CC(=O)N[C@@H]1[C@@H](OC(C)=O)[C@H](OC(C)=O)[C@@H](COC(C)=O)O[C@H]1NC(=O)CC(NC(=O)OC(C)(C)C)C(=O)OCC1SCCCS1. The van der Waals surface area contributed by atoms with Crippen LogP contribution in [0.2, 0.25) is 0 Å². The Hall–Kier alpha value is -3.25. The third-order valence-corrected chi connectivity index (χ3v) is 8.92. The van der Waals surface area contributed by atoms with Crippen molar-refractivity contribution in [2.75, 3.05) is 24.7 Å². The molecule has 3 N–H and O–H groups in total. The van der Waals surface area contributed by atoms with Gasteiger partial charge in [0.1, 0.15) is 37.0 Å². The molecular weight excluding hydrogens is 650 g/mol. The number of alkyl carbamates (subject to hydrolysis) is 1. The van der Waals surface area contributed by atoms with Crippen LogP contribution in [0.1, 0.15) is 61.3 Å². The molecule has 46 heavy (non-hydrogen) atoms. The zero-order valence-electron chi connectivity index (χ0n) is 26.9. The van der Waals surface area contributed by atoms with Crippen LogP contribution in [-0.4, -0.2) is 113 Å². The Kier molecular flexibility index (Phi) is 15.4. The number of rotatable bonds is 12. The third-order valence-electron chi connectivity index (χ3n) is 6.04. The zero-order chi connectivity index (χ0) is 34.6. The van der Waals surface area contributed by atoms with E-state index in [0.717, 1.165) is 45.6 Å². The Morgan fingerprint density at radius 1 is 0.826 bits per heavy atom. The molecule has 2 aliphatic rings. The molecule has 1 unspecified atom stereocenters. The molecule has 0 aromatic rings. The van der Waals surface area contributed by atoms with Crippen molar-refractivity contribution in [3.05, 3.63) is 0 Å². The standard InChI is InChI=1S/C28H43N3O13S2/c1-14(32)29-22-24(42-17(4)35)23(41-16(3)34)19(12-39-15(2)33)43-25(22)31-20(36)11-18(30-27(38)44-28(5,6)7)26(37)40-13-21-45-9-8-10-46-21/h18-19,21-25H,8-13H2,1-7H3,(H,29,32)(H,30,38)(H,31,36)/t18?,19-,22-,23-,24-,25-/m1/s1. The first-order valence-corrected chi connectivity index (χ1v) is 16.6. The molecule has 2 heterocycles. The predicted octanol–water partition coefficient (Wildman–Crippen LogP) is 0.782. The molecule has 0 radical (unpaired) electrons. The molecule has 2 rings (SSSR count). The van der Waals surface area contributed by atoms with Crippen LogP contribution in [0.5, 0.6) is 0 Å². The van der Waals surface area contributed by atoms with Crippen molar-refractivity contribution in [2.45, 2.75) is 108 Å². The Labute approximate surface area is 275 Å². The number of esters is 4. The van der Waals surface area contributed by atoms with Crippen molar-refractivity contribution in [1.82, 2.24) is 16.0 Å². The molecular formula is C28H43N3O13S2. The van der Waals surface area contributed by atoms with E-state index in [-0.39, 0.29) is 11.2 Å². The minimum Gasteiger partial charge on any atom is -0.463 e. The number of thioether (sulfide) groups is 2. The van der Waals surface area contributed by atoms with Gasteiger partial charge in [-0.25, -0.2) is 9.59 Å². The number of ether oxygens (including phenoxy) is 6. The van der Waals surface area contributed by atoms with Gasteiger partial charge in [-0.2, -0.15) is 0 Å². The van der Waals surface area contributed by atoms with Crippen molar-refractivity contribution in [1.29, 1.82) is 0 Å². The van der Waals surface area contributed by atoms with Gasteiger partial charge in [0.25, 0.3) is 0 Å². The van der Waals surface area contributed by atoms with E-state index in [0.29, 0.717) is 0 Å². The number of nitrogens with one attached hydrogen (secondary N) is 3. The number of carbonyl (C=O) groups is 7. The minimum atomic E-state index is -1.48. The number of hydrogen-bond acceptors (Lipinski definition) is 15. The first kappa shape index (κ1) is 38.9. The highest BCUT2D eigenvalue weighted by molar-refractivity contribution is 8.17. The highest BCUT2D eigenvalue weighted by atomic mass is 32.2. The highest BCUT2D eigenvalue weighted by Gasteiger charge is 2.51. The number of carbonyl (C=O) groups excluding carboxylic acids is 7. The zero-order valence-corrected chi connectivity index (χ0v) is 28.5. The first-order chi connectivity index (χ1) is 21.4. The van der Waals surface area contributed by atoms with E-state index in [4.69, 9.17) is 28.4 Å². The summed E-state index contributed by atoms with van der Waals surface area (Å²) in [5, 5.41) is 7.43. The lowest BCUT2D eigenvalue weighted by atomic mass is 9.95. The molecule has 0 bridgehead atoms. The molecule has 0 aromatic carbocycles. The van der Waals surface area contributed by atoms with Crippen LogP contribution < -0.4 is 16.0 Å². The summed E-state index contributed by atoms with van der Waals surface area (Å²) in [5.41, 5.74) is -0.904. The maximum atomic E-state index is 13.4. The van der Waals surface area contributed by atoms with E-state index in [9.17, 15) is 33.6 Å². The van der Waals surface area contributed by atoms with Crippen LogP contribution in [0.3, 0.4) is 0 Å². The van der Waals surface area contributed by atoms with Gasteiger partial charge in [0.15, 0.2) is 18.4 Å². The Bertz CT molecular complexity index is 1130. The van der Waals surface area contributed by atoms with Crippen molar-refractivity contribution in [2.24, 2.45) is 0 Å². The van der Waals surface area contributed by atoms with E-state index in [1.165, 1.54) is 0 Å². The second kappa shape index (κ2) is 18.2. The molecule has 2 saturated heterocycles. The predicted molar refractivity (Wildman–Crippen MR) is 164 cm³/mol. The van der Waals surface area contributed by atoms with Crippen LogP contribution in [0.4, 0.5) is 4.79 Å². The molecule has 0 aliphatic carbocycles. The van der Waals surface area contributed by atoms with Gasteiger partial charge < -0.3 is 44.4 Å². The summed E-state index contributed by atoms with van der Waals surface area (Å²) in [6.45, 7) is 8.93. The van der Waals surface area contributed by atoms with E-state index in [1.807, 2.05) is 0 Å². The molecule has 3 amide bonds. The van der Waals surface area contributed by atoms with E-state index in [2.05, 4.69) is 16.0 Å². The molecule has 0 aromatic heterocycles. The Morgan fingerprint density at radius 2 is 1.43 bits per heavy atom. The van der Waals surface area contributed by atoms with Gasteiger partial charge in [0, 0.05) is 27.7 Å². The molecule has 16 nitrogen and oxygen atoms in total. The van der Waals surface area contributed by atoms with Crippen LogP contribution in [0, 0.1) is 0 Å². The lowest BCUT2D eigenvalue weighted by molar-refractivity contribution is -0.228. The van der Waals surface area contributed by atoms with Crippen LogP contribution in [0.15, 0.2) is 0 Å². The molecule has 6 atom stereocenters. The molecule has 2 aliphatic heterocycles. The van der Waals surface area contributed by atoms with Gasteiger partial charge >= 0.3 is 30.0 Å². The summed E-state index contributed by atoms with van der Waals surface area (Å²) >= 11 is 3.28. The number of hydrogen-bond donors (Lipinski definition) is 3. The normalized spacial score (nSPS) is 23.9. The molecule has 0 spiro atoms. The topological polar surface area (TPSA) is 211 Å². The fourth-order valence-corrected chi connectivity index (χ4v) is 7.01. The van der Waals surface area contributed by atoms with Crippen LogP contribution >= 0.6 is 23.5 Å². The van der Waals surface area contributed by atoms with Gasteiger partial charge in [-0.05, 0) is 38.7 Å². The Balaban J connectivity index is 2.33.